The molecule has 2 aliphatic rings. The molecular formula is C19H24N3O+. The summed E-state index contributed by atoms with van der Waals surface area (Å²) in [6.45, 7) is 4.12. The van der Waals surface area contributed by atoms with Crippen LogP contribution in [0.25, 0.3) is 5.57 Å². The van der Waals surface area contributed by atoms with Crippen molar-refractivity contribution in [1.82, 2.24) is 5.32 Å². The van der Waals surface area contributed by atoms with Gasteiger partial charge in [0.2, 0.25) is 0 Å². The Balaban J connectivity index is 1.53. The Hall–Kier alpha value is -2.12. The first kappa shape index (κ1) is 15.8. The number of amides is 1. The normalized spacial score (nSPS) is 23.3. The van der Waals surface area contributed by atoms with Crippen LogP contribution in [0.3, 0.4) is 0 Å². The van der Waals surface area contributed by atoms with Gasteiger partial charge in [-0.3, -0.25) is 4.79 Å². The van der Waals surface area contributed by atoms with Crippen molar-refractivity contribution in [3.05, 3.63) is 42.0 Å². The number of nitrogens with one attached hydrogen (secondary N) is 2. The molecule has 1 heterocycles. The van der Waals surface area contributed by atoms with Crippen molar-refractivity contribution in [2.75, 3.05) is 19.6 Å². The highest BCUT2D eigenvalue weighted by molar-refractivity contribution is 5.78. The number of benzene rings is 1. The zero-order valence-corrected chi connectivity index (χ0v) is 13.6. The number of nitriles is 1. The topological polar surface area (TPSA) is 57.3 Å². The molecule has 23 heavy (non-hydrogen) atoms. The molecule has 120 valence electrons. The number of carbonyl (C=O) groups is 1. The number of rotatable bonds is 5. The molecule has 1 unspecified atom stereocenters. The molecular weight excluding hydrogens is 286 g/mol. The Morgan fingerprint density at radius 2 is 2.13 bits per heavy atom. The van der Waals surface area contributed by atoms with Gasteiger partial charge in [0.15, 0.2) is 6.54 Å². The van der Waals surface area contributed by atoms with Gasteiger partial charge in [0.1, 0.15) is 5.54 Å². The van der Waals surface area contributed by atoms with Gasteiger partial charge in [-0.25, -0.2) is 0 Å². The van der Waals surface area contributed by atoms with E-state index in [1.54, 1.807) is 0 Å². The number of hydrogen-bond acceptors (Lipinski definition) is 2. The lowest BCUT2D eigenvalue weighted by atomic mass is 9.97. The Bertz CT molecular complexity index is 642. The molecule has 0 spiro atoms. The van der Waals surface area contributed by atoms with E-state index in [1.807, 2.05) is 13.0 Å². The molecule has 1 aromatic rings. The highest BCUT2D eigenvalue weighted by Crippen LogP contribution is 2.39. The predicted molar refractivity (Wildman–Crippen MR) is 89.5 cm³/mol. The summed E-state index contributed by atoms with van der Waals surface area (Å²) in [5, 5.41) is 12.3. The van der Waals surface area contributed by atoms with E-state index in [9.17, 15) is 10.1 Å². The summed E-state index contributed by atoms with van der Waals surface area (Å²) in [7, 11) is 0. The van der Waals surface area contributed by atoms with Crippen LogP contribution in [0, 0.1) is 17.2 Å². The standard InChI is InChI=1S/C19H23N3O/c1-19(14-20,17-7-8-17)21-18(23)13-22-11-9-16(10-12-22)15-5-3-2-4-6-15/h2-6,9,17H,7-8,10-13H2,1H3,(H,21,23)/p+1/t19-/m1/s1. The fourth-order valence-corrected chi connectivity index (χ4v) is 3.30. The van der Waals surface area contributed by atoms with Gasteiger partial charge >= 0.3 is 0 Å². The highest BCUT2D eigenvalue weighted by atomic mass is 16.2. The van der Waals surface area contributed by atoms with Crippen LogP contribution in [0.15, 0.2) is 36.4 Å². The number of quaternary nitrogens is 1. The van der Waals surface area contributed by atoms with Crippen LogP contribution in [0.1, 0.15) is 31.7 Å². The van der Waals surface area contributed by atoms with E-state index in [1.165, 1.54) is 16.0 Å². The molecule has 1 saturated carbocycles. The van der Waals surface area contributed by atoms with Gasteiger partial charge in [0.05, 0.1) is 19.2 Å². The molecule has 1 fully saturated rings. The quantitative estimate of drug-likeness (QED) is 0.858. The molecule has 0 saturated heterocycles. The van der Waals surface area contributed by atoms with Gasteiger partial charge in [-0.05, 0) is 42.9 Å². The van der Waals surface area contributed by atoms with Crippen LogP contribution < -0.4 is 10.2 Å². The third-order valence-electron chi connectivity index (χ3n) is 4.97. The van der Waals surface area contributed by atoms with Crippen LogP contribution in [0.5, 0.6) is 0 Å². The fourth-order valence-electron chi connectivity index (χ4n) is 3.30. The maximum absolute atomic E-state index is 12.3. The average molecular weight is 310 g/mol. The Morgan fingerprint density at radius 1 is 1.39 bits per heavy atom. The second-order valence-electron chi connectivity index (χ2n) is 6.86. The lowest BCUT2D eigenvalue weighted by molar-refractivity contribution is -0.886. The maximum Gasteiger partial charge on any atom is 0.276 e. The summed E-state index contributed by atoms with van der Waals surface area (Å²) in [6.07, 6.45) is 5.32. The van der Waals surface area contributed by atoms with E-state index in [2.05, 4.69) is 41.7 Å². The molecule has 1 aliphatic carbocycles. The molecule has 4 nitrogen and oxygen atoms in total. The van der Waals surface area contributed by atoms with Gasteiger partial charge in [-0.15, -0.1) is 0 Å². The molecule has 1 aliphatic heterocycles. The largest absolute Gasteiger partial charge is 0.333 e. The second-order valence-corrected chi connectivity index (χ2v) is 6.86. The van der Waals surface area contributed by atoms with Crippen molar-refractivity contribution in [3.63, 3.8) is 0 Å². The van der Waals surface area contributed by atoms with Crippen LogP contribution in [-0.4, -0.2) is 31.1 Å². The first-order valence-electron chi connectivity index (χ1n) is 8.41. The fraction of sp³-hybridized carbons (Fsp3) is 0.474. The van der Waals surface area contributed by atoms with Crippen molar-refractivity contribution in [1.29, 1.82) is 5.26 Å². The molecule has 3 rings (SSSR count). The minimum absolute atomic E-state index is 0.00693. The molecule has 0 bridgehead atoms. The average Bonchev–Trinajstić information content (AvgIpc) is 3.41. The summed E-state index contributed by atoms with van der Waals surface area (Å²) >= 11 is 0. The molecule has 0 aromatic heterocycles. The number of nitrogens with zero attached hydrogens (tertiary/aromatic N) is 1. The zero-order valence-electron chi connectivity index (χ0n) is 13.6. The van der Waals surface area contributed by atoms with Gasteiger partial charge in [0.25, 0.3) is 5.91 Å². The molecule has 1 amide bonds. The van der Waals surface area contributed by atoms with E-state index in [0.29, 0.717) is 12.5 Å². The Labute approximate surface area is 137 Å². The molecule has 4 heteroatoms. The lowest BCUT2D eigenvalue weighted by Gasteiger charge is -2.26. The van der Waals surface area contributed by atoms with Crippen molar-refractivity contribution < 1.29 is 9.69 Å². The third kappa shape index (κ3) is 3.80. The summed E-state index contributed by atoms with van der Waals surface area (Å²) in [6, 6.07) is 12.7. The van der Waals surface area contributed by atoms with E-state index in [0.717, 1.165) is 32.4 Å². The van der Waals surface area contributed by atoms with E-state index in [-0.39, 0.29) is 5.91 Å². The van der Waals surface area contributed by atoms with Crippen molar-refractivity contribution >= 4 is 11.5 Å². The van der Waals surface area contributed by atoms with Gasteiger partial charge in [0, 0.05) is 6.42 Å². The highest BCUT2D eigenvalue weighted by Gasteiger charge is 2.43. The maximum atomic E-state index is 12.3. The summed E-state index contributed by atoms with van der Waals surface area (Å²) in [5.41, 5.74) is 1.97. The smallest absolute Gasteiger partial charge is 0.276 e. The van der Waals surface area contributed by atoms with Crippen LogP contribution in [0.4, 0.5) is 0 Å². The second kappa shape index (κ2) is 6.55. The zero-order chi connectivity index (χ0) is 16.3. The van der Waals surface area contributed by atoms with Crippen LogP contribution in [0.2, 0.25) is 0 Å². The van der Waals surface area contributed by atoms with E-state index < -0.39 is 5.54 Å². The van der Waals surface area contributed by atoms with Crippen molar-refractivity contribution in [2.24, 2.45) is 5.92 Å². The van der Waals surface area contributed by atoms with Crippen LogP contribution in [-0.2, 0) is 4.79 Å². The molecule has 2 atom stereocenters. The first-order valence-corrected chi connectivity index (χ1v) is 8.41. The van der Waals surface area contributed by atoms with Gasteiger partial charge in [-0.2, -0.15) is 5.26 Å². The Kier molecular flexibility index (Phi) is 4.49. The Morgan fingerprint density at radius 3 is 2.70 bits per heavy atom. The SMILES string of the molecule is C[C@](C#N)(NC(=O)C[NH+]1CC=C(c2ccccc2)CC1)C1CC1. The van der Waals surface area contributed by atoms with Crippen molar-refractivity contribution in [2.45, 2.75) is 31.7 Å². The van der Waals surface area contributed by atoms with Gasteiger partial charge < -0.3 is 10.2 Å². The summed E-state index contributed by atoms with van der Waals surface area (Å²) in [5.74, 6) is 0.324. The molecule has 2 N–H and O–H groups in total. The molecule has 0 radical (unpaired) electrons. The number of carbonyl (C=O) groups excluding carboxylic acids is 1. The predicted octanol–water partition coefficient (Wildman–Crippen LogP) is 1.17. The lowest BCUT2D eigenvalue weighted by Crippen LogP contribution is -3.13. The van der Waals surface area contributed by atoms with E-state index in [4.69, 9.17) is 0 Å². The summed E-state index contributed by atoms with van der Waals surface area (Å²) < 4.78 is 0. The first-order chi connectivity index (χ1) is 11.1. The van der Waals surface area contributed by atoms with Gasteiger partial charge in [-0.1, -0.05) is 30.3 Å². The minimum atomic E-state index is -0.683. The monoisotopic (exact) mass is 310 g/mol. The number of hydrogen-bond donors (Lipinski definition) is 2. The molecule has 1 aromatic carbocycles. The minimum Gasteiger partial charge on any atom is -0.333 e. The van der Waals surface area contributed by atoms with Crippen LogP contribution >= 0.6 is 0 Å². The third-order valence-corrected chi connectivity index (χ3v) is 4.97. The van der Waals surface area contributed by atoms with E-state index >= 15 is 0 Å². The van der Waals surface area contributed by atoms with Crippen molar-refractivity contribution in [3.8, 4) is 6.07 Å². The summed E-state index contributed by atoms with van der Waals surface area (Å²) in [4.78, 5) is 13.5.